The van der Waals surface area contributed by atoms with Gasteiger partial charge in [-0.1, -0.05) is 17.7 Å². The highest BCUT2D eigenvalue weighted by molar-refractivity contribution is 5.98. The van der Waals surface area contributed by atoms with Crippen molar-refractivity contribution in [3.63, 3.8) is 0 Å². The minimum absolute atomic E-state index is 0. The Balaban J connectivity index is 0.00000441. The first-order valence-electron chi connectivity index (χ1n) is 13.7. The van der Waals surface area contributed by atoms with Crippen molar-refractivity contribution in [2.45, 2.75) is 70.7 Å². The van der Waals surface area contributed by atoms with E-state index in [1.54, 1.807) is 27.8 Å². The largest absolute Gasteiger partial charge is 0.493 e. The summed E-state index contributed by atoms with van der Waals surface area (Å²) < 4.78 is 7.69. The summed E-state index contributed by atoms with van der Waals surface area (Å²) in [5.41, 5.74) is 1.98. The quantitative estimate of drug-likeness (QED) is 0.405. The van der Waals surface area contributed by atoms with Crippen LogP contribution in [-0.2, 0) is 22.6 Å². The molecule has 1 aromatic carbocycles. The van der Waals surface area contributed by atoms with Crippen molar-refractivity contribution in [3.05, 3.63) is 41.2 Å². The number of halogens is 1. The van der Waals surface area contributed by atoms with Crippen LogP contribution in [0.4, 0.5) is 0 Å². The second-order valence-corrected chi connectivity index (χ2v) is 10.2. The maximum absolute atomic E-state index is 13.3. The molecule has 2 aromatic rings. The molecule has 3 heterocycles. The van der Waals surface area contributed by atoms with Crippen LogP contribution in [0.3, 0.4) is 0 Å². The lowest BCUT2D eigenvalue weighted by Crippen LogP contribution is -2.54. The molecule has 4 rings (SSSR count). The van der Waals surface area contributed by atoms with Gasteiger partial charge < -0.3 is 30.7 Å². The van der Waals surface area contributed by atoms with Crippen molar-refractivity contribution in [1.82, 2.24) is 35.8 Å². The zero-order valence-electron chi connectivity index (χ0n) is 23.1. The van der Waals surface area contributed by atoms with E-state index < -0.39 is 24.0 Å². The minimum Gasteiger partial charge on any atom is -0.493 e. The lowest BCUT2D eigenvalue weighted by molar-refractivity contribution is -0.134. The van der Waals surface area contributed by atoms with Gasteiger partial charge in [0.15, 0.2) is 0 Å². The molecule has 1 saturated heterocycles. The number of rotatable bonds is 2. The number of benzene rings is 1. The van der Waals surface area contributed by atoms with Crippen molar-refractivity contribution >= 4 is 30.1 Å². The lowest BCUT2D eigenvalue weighted by Gasteiger charge is -2.30. The van der Waals surface area contributed by atoms with Gasteiger partial charge in [0.25, 0.3) is 5.91 Å². The van der Waals surface area contributed by atoms with E-state index in [2.05, 4.69) is 26.3 Å². The highest BCUT2D eigenvalue weighted by Gasteiger charge is 2.28. The molecule has 3 atom stereocenters. The molecule has 0 saturated carbocycles. The van der Waals surface area contributed by atoms with Gasteiger partial charge in [0, 0.05) is 50.8 Å². The summed E-state index contributed by atoms with van der Waals surface area (Å²) in [5, 5.41) is 27.5. The van der Waals surface area contributed by atoms with Crippen LogP contribution < -0.4 is 20.7 Å². The van der Waals surface area contributed by atoms with Gasteiger partial charge in [0.1, 0.15) is 11.8 Å². The molecule has 40 heavy (non-hydrogen) atoms. The molecule has 12 nitrogen and oxygen atoms in total. The van der Waals surface area contributed by atoms with Gasteiger partial charge in [-0.15, -0.1) is 17.5 Å². The zero-order valence-corrected chi connectivity index (χ0v) is 23.9. The number of carbonyl (C=O) groups excluding carboxylic acids is 3. The molecule has 1 fully saturated rings. The Morgan fingerprint density at radius 1 is 1.15 bits per heavy atom. The summed E-state index contributed by atoms with van der Waals surface area (Å²) in [6.07, 6.45) is 4.78. The molecule has 0 aliphatic carbocycles. The highest BCUT2D eigenvalue weighted by atomic mass is 35.5. The number of nitrogens with zero attached hydrogens (tertiary/aromatic N) is 4. The monoisotopic (exact) mass is 577 g/mol. The van der Waals surface area contributed by atoms with Crippen molar-refractivity contribution in [1.29, 1.82) is 0 Å². The van der Waals surface area contributed by atoms with E-state index >= 15 is 0 Å². The maximum Gasteiger partial charge on any atom is 0.252 e. The fourth-order valence-corrected chi connectivity index (χ4v) is 4.79. The first-order chi connectivity index (χ1) is 18.8. The summed E-state index contributed by atoms with van der Waals surface area (Å²) in [5.74, 6) is -0.453. The van der Waals surface area contributed by atoms with Crippen LogP contribution in [-0.4, -0.2) is 93.7 Å². The van der Waals surface area contributed by atoms with E-state index in [0.29, 0.717) is 43.9 Å². The number of aromatic nitrogens is 3. The van der Waals surface area contributed by atoms with Gasteiger partial charge in [-0.25, -0.2) is 0 Å². The van der Waals surface area contributed by atoms with Gasteiger partial charge in [0.2, 0.25) is 11.8 Å². The number of piperidine rings is 1. The predicted octanol–water partition coefficient (Wildman–Crippen LogP) is 0.600. The Hall–Kier alpha value is -3.22. The molecule has 1 aromatic heterocycles. The normalized spacial score (nSPS) is 22.1. The molecule has 3 amide bonds. The number of amides is 3. The number of fused-ring (bicyclic) bond motifs is 4. The van der Waals surface area contributed by atoms with Crippen molar-refractivity contribution < 1.29 is 24.2 Å². The maximum atomic E-state index is 13.3. The van der Waals surface area contributed by atoms with Crippen molar-refractivity contribution in [3.8, 4) is 5.75 Å². The van der Waals surface area contributed by atoms with Gasteiger partial charge in [0.05, 0.1) is 24.4 Å². The molecule has 4 bridgehead atoms. The number of hydrogen-bond donors (Lipinski definition) is 4. The number of hydrogen-bond acceptors (Lipinski definition) is 8. The fraction of sp³-hybridized carbons (Fsp3) is 0.593. The van der Waals surface area contributed by atoms with Gasteiger partial charge in [-0.3, -0.25) is 19.1 Å². The fourth-order valence-electron chi connectivity index (χ4n) is 4.79. The Morgan fingerprint density at radius 3 is 2.73 bits per heavy atom. The predicted molar refractivity (Wildman–Crippen MR) is 150 cm³/mol. The molecule has 0 radical (unpaired) electrons. The average Bonchev–Trinajstić information content (AvgIpc) is 3.39. The SMILES string of the molecule is Cc1ccc2cc1OCCCn1cc(nn1)CCN(C(=O)[C@@H]1CCCCN1)CCNC(=O)[C@H]([C@@H](C)O)NC2=O.Cl. The number of nitrogens with one attached hydrogen (secondary N) is 3. The third-order valence-electron chi connectivity index (χ3n) is 7.12. The van der Waals surface area contributed by atoms with Crippen LogP contribution in [0.15, 0.2) is 24.4 Å². The van der Waals surface area contributed by atoms with E-state index in [1.807, 2.05) is 13.1 Å². The van der Waals surface area contributed by atoms with Crippen molar-refractivity contribution in [2.24, 2.45) is 0 Å². The molecule has 2 aliphatic rings. The third-order valence-corrected chi connectivity index (χ3v) is 7.12. The summed E-state index contributed by atoms with van der Waals surface area (Å²) in [7, 11) is 0. The smallest absolute Gasteiger partial charge is 0.252 e. The first-order valence-corrected chi connectivity index (χ1v) is 13.7. The van der Waals surface area contributed by atoms with Crippen LogP contribution in [0, 0.1) is 6.92 Å². The minimum atomic E-state index is -1.16. The summed E-state index contributed by atoms with van der Waals surface area (Å²) in [6, 6.07) is 3.66. The van der Waals surface area contributed by atoms with E-state index in [-0.39, 0.29) is 37.4 Å². The van der Waals surface area contributed by atoms with E-state index in [4.69, 9.17) is 4.74 Å². The first kappa shape index (κ1) is 31.3. The Morgan fingerprint density at radius 2 is 1.98 bits per heavy atom. The zero-order chi connectivity index (χ0) is 27.8. The van der Waals surface area contributed by atoms with Crippen LogP contribution >= 0.6 is 12.4 Å². The van der Waals surface area contributed by atoms with Gasteiger partial charge in [-0.05, 0) is 50.9 Å². The number of carbonyl (C=O) groups is 3. The summed E-state index contributed by atoms with van der Waals surface area (Å²) >= 11 is 0. The van der Waals surface area contributed by atoms with Crippen LogP contribution in [0.1, 0.15) is 54.2 Å². The number of ether oxygens (including phenoxy) is 1. The Bertz CT molecular complexity index is 1150. The molecule has 220 valence electrons. The second kappa shape index (κ2) is 15.0. The van der Waals surface area contributed by atoms with Crippen LogP contribution in [0.2, 0.25) is 0 Å². The number of aliphatic hydroxyl groups excluding tert-OH is 1. The number of aliphatic hydroxyl groups is 1. The second-order valence-electron chi connectivity index (χ2n) is 10.2. The van der Waals surface area contributed by atoms with E-state index in [9.17, 15) is 19.5 Å². The molecular weight excluding hydrogens is 538 g/mol. The summed E-state index contributed by atoms with van der Waals surface area (Å²) in [4.78, 5) is 41.0. The Kier molecular flexibility index (Phi) is 11.7. The molecule has 0 unspecified atom stereocenters. The standard InChI is InChI=1S/C27H39N7O5.ClH/c1-18-7-8-20-16-23(18)39-15-5-12-34-17-21(31-32-34)9-13-33(27(38)22-6-3-4-10-28-22)14-11-29-26(37)24(19(2)35)30-25(20)36;/h7-8,16-17,19,22,24,28,35H,3-6,9-15H2,1-2H3,(H,29,37)(H,30,36);1H/t19-,22+,24+;/m1./s1. The van der Waals surface area contributed by atoms with Gasteiger partial charge in [-0.2, -0.15) is 0 Å². The molecule has 4 N–H and O–H groups in total. The van der Waals surface area contributed by atoms with E-state index in [0.717, 1.165) is 37.1 Å². The highest BCUT2D eigenvalue weighted by Crippen LogP contribution is 2.20. The van der Waals surface area contributed by atoms with Crippen molar-refractivity contribution in [2.75, 3.05) is 32.8 Å². The van der Waals surface area contributed by atoms with E-state index in [1.165, 1.54) is 6.92 Å². The molecule has 0 spiro atoms. The Labute approximate surface area is 240 Å². The third kappa shape index (κ3) is 8.39. The number of aryl methyl sites for hydroxylation is 2. The molecular formula is C27H40ClN7O5. The average molecular weight is 578 g/mol. The molecule has 13 heteroatoms. The lowest BCUT2D eigenvalue weighted by atomic mass is 10.0. The van der Waals surface area contributed by atoms with Gasteiger partial charge >= 0.3 is 0 Å². The molecule has 2 aliphatic heterocycles. The van der Waals surface area contributed by atoms with Crippen LogP contribution in [0.5, 0.6) is 5.75 Å². The summed E-state index contributed by atoms with van der Waals surface area (Å²) in [6.45, 7) is 6.06. The van der Waals surface area contributed by atoms with Crippen LogP contribution in [0.25, 0.3) is 0 Å². The topological polar surface area (TPSA) is 151 Å².